The fraction of sp³-hybridized carbons (Fsp3) is 0.250. The average molecular weight is 305 g/mol. The van der Waals surface area contributed by atoms with E-state index in [1.54, 1.807) is 0 Å². The van der Waals surface area contributed by atoms with Crippen LogP contribution in [0.2, 0.25) is 5.02 Å². The highest BCUT2D eigenvalue weighted by Crippen LogP contribution is 2.25. The summed E-state index contributed by atoms with van der Waals surface area (Å²) in [4.78, 5) is 4.68. The first-order valence-corrected chi connectivity index (χ1v) is 8.06. The van der Waals surface area contributed by atoms with Gasteiger partial charge in [0, 0.05) is 39.6 Å². The van der Waals surface area contributed by atoms with Gasteiger partial charge in [-0.3, -0.25) is 0 Å². The summed E-state index contributed by atoms with van der Waals surface area (Å²) in [6, 6.07) is 10.7. The molecular weight excluding hydrogens is 288 g/mol. The highest BCUT2D eigenvalue weighted by molar-refractivity contribution is 7.10. The molecule has 20 heavy (non-hydrogen) atoms. The number of hydrogen-bond donors (Lipinski definition) is 2. The van der Waals surface area contributed by atoms with E-state index in [4.69, 9.17) is 11.6 Å². The minimum Gasteiger partial charge on any atom is -0.361 e. The van der Waals surface area contributed by atoms with E-state index in [9.17, 15) is 0 Å². The van der Waals surface area contributed by atoms with Crippen LogP contribution in [-0.4, -0.2) is 4.98 Å². The van der Waals surface area contributed by atoms with Gasteiger partial charge in [0.15, 0.2) is 0 Å². The van der Waals surface area contributed by atoms with Gasteiger partial charge in [0.05, 0.1) is 0 Å². The predicted molar refractivity (Wildman–Crippen MR) is 87.5 cm³/mol. The second-order valence-electron chi connectivity index (χ2n) is 4.86. The van der Waals surface area contributed by atoms with Crippen molar-refractivity contribution < 1.29 is 0 Å². The van der Waals surface area contributed by atoms with Crippen molar-refractivity contribution in [2.45, 2.75) is 25.9 Å². The Morgan fingerprint density at radius 2 is 2.25 bits per heavy atom. The number of benzene rings is 1. The molecule has 1 aromatic carbocycles. The smallest absolute Gasteiger partial charge is 0.0472 e. The molecule has 2 N–H and O–H groups in total. The summed E-state index contributed by atoms with van der Waals surface area (Å²) in [6.45, 7) is 3.07. The molecule has 0 radical (unpaired) electrons. The first-order valence-electron chi connectivity index (χ1n) is 6.80. The zero-order chi connectivity index (χ0) is 13.9. The number of H-pyrrole nitrogens is 1. The molecule has 0 aliphatic rings. The molecule has 1 unspecified atom stereocenters. The average Bonchev–Trinajstić information content (AvgIpc) is 3.09. The van der Waals surface area contributed by atoms with Crippen LogP contribution in [0.1, 0.15) is 29.8 Å². The van der Waals surface area contributed by atoms with Gasteiger partial charge in [0.25, 0.3) is 0 Å². The van der Waals surface area contributed by atoms with Gasteiger partial charge in [0.2, 0.25) is 0 Å². The molecule has 2 heterocycles. The summed E-state index contributed by atoms with van der Waals surface area (Å²) in [6.07, 6.45) is 3.16. The number of thiophene rings is 1. The van der Waals surface area contributed by atoms with E-state index in [1.165, 1.54) is 15.8 Å². The molecular formula is C16H17ClN2S. The monoisotopic (exact) mass is 304 g/mol. The van der Waals surface area contributed by atoms with Crippen LogP contribution in [0.4, 0.5) is 0 Å². The number of halogens is 1. The number of aromatic nitrogens is 1. The first kappa shape index (κ1) is 13.7. The summed E-state index contributed by atoms with van der Waals surface area (Å²) in [5, 5.41) is 7.78. The zero-order valence-corrected chi connectivity index (χ0v) is 12.9. The summed E-state index contributed by atoms with van der Waals surface area (Å²) >= 11 is 7.82. The van der Waals surface area contributed by atoms with Gasteiger partial charge < -0.3 is 10.3 Å². The number of nitrogens with one attached hydrogen (secondary N) is 2. The van der Waals surface area contributed by atoms with Crippen molar-refractivity contribution in [3.63, 3.8) is 0 Å². The van der Waals surface area contributed by atoms with Crippen LogP contribution in [0.25, 0.3) is 10.9 Å². The lowest BCUT2D eigenvalue weighted by Crippen LogP contribution is -2.19. The maximum Gasteiger partial charge on any atom is 0.0472 e. The van der Waals surface area contributed by atoms with Gasteiger partial charge in [-0.15, -0.1) is 11.3 Å². The van der Waals surface area contributed by atoms with Crippen molar-refractivity contribution in [1.82, 2.24) is 10.3 Å². The predicted octanol–water partition coefficient (Wildman–Crippen LogP) is 5.12. The van der Waals surface area contributed by atoms with Crippen molar-refractivity contribution in [1.29, 1.82) is 0 Å². The number of aromatic amines is 1. The maximum atomic E-state index is 6.01. The number of rotatable bonds is 5. The van der Waals surface area contributed by atoms with Gasteiger partial charge in [-0.2, -0.15) is 0 Å². The van der Waals surface area contributed by atoms with E-state index in [2.05, 4.69) is 47.0 Å². The van der Waals surface area contributed by atoms with E-state index in [0.29, 0.717) is 6.04 Å². The third-order valence-electron chi connectivity index (χ3n) is 3.56. The highest BCUT2D eigenvalue weighted by atomic mass is 35.5. The topological polar surface area (TPSA) is 27.8 Å². The SMILES string of the molecule is CCC(NCc1c[nH]c2cc(Cl)ccc12)c1cccs1. The second kappa shape index (κ2) is 6.00. The van der Waals surface area contributed by atoms with Crippen LogP contribution >= 0.6 is 22.9 Å². The normalized spacial score (nSPS) is 12.9. The van der Waals surface area contributed by atoms with Crippen LogP contribution in [-0.2, 0) is 6.54 Å². The standard InChI is InChI=1S/C16H17ClN2S/c1-2-14(16-4-3-7-20-16)18-9-11-10-19-15-8-12(17)5-6-13(11)15/h3-8,10,14,18-19H,2,9H2,1H3. The van der Waals surface area contributed by atoms with Gasteiger partial charge in [-0.1, -0.05) is 30.7 Å². The fourth-order valence-electron chi connectivity index (χ4n) is 2.47. The molecule has 0 saturated carbocycles. The minimum atomic E-state index is 0.423. The molecule has 0 aliphatic heterocycles. The van der Waals surface area contributed by atoms with Crippen LogP contribution in [0.3, 0.4) is 0 Å². The zero-order valence-electron chi connectivity index (χ0n) is 11.3. The van der Waals surface area contributed by atoms with Crippen LogP contribution < -0.4 is 5.32 Å². The minimum absolute atomic E-state index is 0.423. The van der Waals surface area contributed by atoms with E-state index >= 15 is 0 Å². The molecule has 0 amide bonds. The fourth-order valence-corrected chi connectivity index (χ4v) is 3.53. The van der Waals surface area contributed by atoms with Crippen molar-refractivity contribution in [3.8, 4) is 0 Å². The summed E-state index contributed by atoms with van der Waals surface area (Å²) in [5.74, 6) is 0. The molecule has 2 nitrogen and oxygen atoms in total. The van der Waals surface area contributed by atoms with Crippen molar-refractivity contribution >= 4 is 33.8 Å². The summed E-state index contributed by atoms with van der Waals surface area (Å²) < 4.78 is 0. The van der Waals surface area contributed by atoms with Gasteiger partial charge >= 0.3 is 0 Å². The molecule has 4 heteroatoms. The van der Waals surface area contributed by atoms with Crippen molar-refractivity contribution in [2.24, 2.45) is 0 Å². The van der Waals surface area contributed by atoms with Crippen LogP contribution in [0.5, 0.6) is 0 Å². The number of fused-ring (bicyclic) bond motifs is 1. The number of hydrogen-bond acceptors (Lipinski definition) is 2. The highest BCUT2D eigenvalue weighted by Gasteiger charge is 2.11. The van der Waals surface area contributed by atoms with Gasteiger partial charge in [0.1, 0.15) is 0 Å². The molecule has 3 rings (SSSR count). The Bertz CT molecular complexity index is 688. The van der Waals surface area contributed by atoms with E-state index in [1.807, 2.05) is 23.5 Å². The molecule has 1 atom stereocenters. The second-order valence-corrected chi connectivity index (χ2v) is 6.28. The summed E-state index contributed by atoms with van der Waals surface area (Å²) in [7, 11) is 0. The Morgan fingerprint density at radius 3 is 3.00 bits per heavy atom. The molecule has 0 saturated heterocycles. The Kier molecular flexibility index (Phi) is 4.10. The molecule has 2 aromatic heterocycles. The molecule has 0 spiro atoms. The van der Waals surface area contributed by atoms with Crippen LogP contribution in [0, 0.1) is 0 Å². The third-order valence-corrected chi connectivity index (χ3v) is 4.78. The lowest BCUT2D eigenvalue weighted by molar-refractivity contribution is 0.528. The van der Waals surface area contributed by atoms with Gasteiger partial charge in [-0.05, 0) is 35.6 Å². The Hall–Kier alpha value is -1.29. The lowest BCUT2D eigenvalue weighted by Gasteiger charge is -2.15. The Balaban J connectivity index is 1.76. The van der Waals surface area contributed by atoms with E-state index in [-0.39, 0.29) is 0 Å². The lowest BCUT2D eigenvalue weighted by atomic mass is 10.1. The summed E-state index contributed by atoms with van der Waals surface area (Å²) in [5.41, 5.74) is 2.38. The maximum absolute atomic E-state index is 6.01. The first-order chi connectivity index (χ1) is 9.78. The van der Waals surface area contributed by atoms with E-state index < -0.39 is 0 Å². The van der Waals surface area contributed by atoms with Crippen LogP contribution in [0.15, 0.2) is 41.9 Å². The Labute approximate surface area is 127 Å². The third kappa shape index (κ3) is 2.75. The van der Waals surface area contributed by atoms with E-state index in [0.717, 1.165) is 23.5 Å². The quantitative estimate of drug-likeness (QED) is 0.672. The molecule has 0 fully saturated rings. The van der Waals surface area contributed by atoms with Crippen molar-refractivity contribution in [3.05, 3.63) is 57.4 Å². The molecule has 0 bridgehead atoms. The largest absolute Gasteiger partial charge is 0.361 e. The van der Waals surface area contributed by atoms with Crippen molar-refractivity contribution in [2.75, 3.05) is 0 Å². The molecule has 0 aliphatic carbocycles. The Morgan fingerprint density at radius 1 is 1.35 bits per heavy atom. The molecule has 3 aromatic rings. The molecule has 104 valence electrons. The van der Waals surface area contributed by atoms with Gasteiger partial charge in [-0.25, -0.2) is 0 Å².